The molecule has 1 saturated heterocycles. The van der Waals surface area contributed by atoms with Crippen molar-refractivity contribution in [2.45, 2.75) is 51.7 Å². The van der Waals surface area contributed by atoms with Crippen molar-refractivity contribution < 1.29 is 37.4 Å². The standard InChI is InChI=1S/C26H35N2O10P/c1-6-35-39(32,36-7-2)18(4)15-20-21(38-25(30)19-11-9-8-10-12-19)22(34-14-13-33-5)24(37-20)28-16-17(3)23(29)27-26(28)31/h8-12,16,20-22,24H,4,6-7,13-15H2,1-3,5H3,(H,27,29,31)/t20-,21-,22-,24-/m1/s1. The van der Waals surface area contributed by atoms with Gasteiger partial charge in [0.2, 0.25) is 0 Å². The van der Waals surface area contributed by atoms with E-state index in [9.17, 15) is 18.9 Å². The summed E-state index contributed by atoms with van der Waals surface area (Å²) < 4.78 is 48.7. The number of nitrogens with zero attached hydrogens (tertiary/aromatic N) is 1. The Kier molecular flexibility index (Phi) is 11.0. The van der Waals surface area contributed by atoms with Crippen molar-refractivity contribution in [3.63, 3.8) is 0 Å². The van der Waals surface area contributed by atoms with E-state index in [0.717, 1.165) is 0 Å². The quantitative estimate of drug-likeness (QED) is 0.206. The van der Waals surface area contributed by atoms with Crippen LogP contribution in [0.1, 0.15) is 42.4 Å². The van der Waals surface area contributed by atoms with Crippen molar-refractivity contribution in [2.24, 2.45) is 0 Å². The molecule has 1 N–H and O–H groups in total. The van der Waals surface area contributed by atoms with Crippen LogP contribution in [0.5, 0.6) is 0 Å². The average Bonchev–Trinajstić information content (AvgIpc) is 3.23. The van der Waals surface area contributed by atoms with Crippen LogP contribution in [0.3, 0.4) is 0 Å². The van der Waals surface area contributed by atoms with Crippen LogP contribution >= 0.6 is 7.60 Å². The van der Waals surface area contributed by atoms with E-state index in [0.29, 0.717) is 5.56 Å². The molecule has 0 aliphatic carbocycles. The van der Waals surface area contributed by atoms with Crippen LogP contribution < -0.4 is 11.2 Å². The second-order valence-corrected chi connectivity index (χ2v) is 10.9. The molecule has 2 aromatic rings. The van der Waals surface area contributed by atoms with Gasteiger partial charge in [-0.05, 0) is 32.9 Å². The van der Waals surface area contributed by atoms with Crippen LogP contribution in [0.4, 0.5) is 0 Å². The fourth-order valence-corrected chi connectivity index (χ4v) is 5.65. The second-order valence-electron chi connectivity index (χ2n) is 8.71. The molecule has 2 heterocycles. The van der Waals surface area contributed by atoms with Gasteiger partial charge >= 0.3 is 19.3 Å². The number of nitrogens with one attached hydrogen (secondary N) is 1. The third-order valence-electron chi connectivity index (χ3n) is 5.98. The molecule has 0 bridgehead atoms. The van der Waals surface area contributed by atoms with Crippen molar-refractivity contribution >= 4 is 13.6 Å². The number of ether oxygens (including phenoxy) is 4. The van der Waals surface area contributed by atoms with Gasteiger partial charge in [0, 0.05) is 30.6 Å². The topological polar surface area (TPSA) is 144 Å². The Morgan fingerprint density at radius 1 is 1.10 bits per heavy atom. The fourth-order valence-electron chi connectivity index (χ4n) is 4.13. The first-order chi connectivity index (χ1) is 18.6. The highest BCUT2D eigenvalue weighted by Gasteiger charge is 2.50. The van der Waals surface area contributed by atoms with Gasteiger partial charge in [-0.15, -0.1) is 0 Å². The van der Waals surface area contributed by atoms with Gasteiger partial charge < -0.3 is 28.0 Å². The molecule has 214 valence electrons. The maximum absolute atomic E-state index is 13.4. The molecule has 1 fully saturated rings. The Bertz CT molecular complexity index is 1280. The number of hydrogen-bond donors (Lipinski definition) is 1. The number of H-pyrrole nitrogens is 1. The van der Waals surface area contributed by atoms with E-state index in [4.69, 9.17) is 28.0 Å². The van der Waals surface area contributed by atoms with Crippen molar-refractivity contribution in [1.82, 2.24) is 9.55 Å². The molecule has 1 aromatic heterocycles. The largest absolute Gasteiger partial charge is 0.453 e. The van der Waals surface area contributed by atoms with E-state index in [2.05, 4.69) is 11.6 Å². The maximum Gasteiger partial charge on any atom is 0.356 e. The van der Waals surface area contributed by atoms with Crippen LogP contribution in [0.2, 0.25) is 0 Å². The van der Waals surface area contributed by atoms with Crippen LogP contribution in [0, 0.1) is 6.92 Å². The SMILES string of the molecule is C=C(C[C@H]1O[C@@H](n2cc(C)c(=O)[nH]c2=O)[C@H](OCCOC)[C@@H]1OC(=O)c1ccccc1)P(=O)(OCC)OCC. The molecule has 1 aliphatic rings. The summed E-state index contributed by atoms with van der Waals surface area (Å²) in [7, 11) is -2.23. The summed E-state index contributed by atoms with van der Waals surface area (Å²) >= 11 is 0. The maximum atomic E-state index is 13.4. The van der Waals surface area contributed by atoms with Crippen LogP contribution in [-0.4, -0.2) is 67.4 Å². The summed E-state index contributed by atoms with van der Waals surface area (Å²) in [5, 5.41) is 0.109. The predicted octanol–water partition coefficient (Wildman–Crippen LogP) is 3.17. The minimum Gasteiger partial charge on any atom is -0.453 e. The van der Waals surface area contributed by atoms with E-state index in [1.165, 1.54) is 24.8 Å². The molecule has 4 atom stereocenters. The zero-order chi connectivity index (χ0) is 28.6. The van der Waals surface area contributed by atoms with Gasteiger partial charge in [0.1, 0.15) is 12.2 Å². The molecule has 1 aliphatic heterocycles. The van der Waals surface area contributed by atoms with Crippen molar-refractivity contribution in [1.29, 1.82) is 0 Å². The Morgan fingerprint density at radius 2 is 1.77 bits per heavy atom. The number of benzene rings is 1. The summed E-state index contributed by atoms with van der Waals surface area (Å²) in [6.07, 6.45) is -2.91. The number of hydrogen-bond acceptors (Lipinski definition) is 10. The number of aromatic amines is 1. The molecule has 3 rings (SSSR count). The Hall–Kier alpha value is -2.86. The summed E-state index contributed by atoms with van der Waals surface area (Å²) in [4.78, 5) is 40.2. The predicted molar refractivity (Wildman–Crippen MR) is 142 cm³/mol. The lowest BCUT2D eigenvalue weighted by Gasteiger charge is -2.26. The summed E-state index contributed by atoms with van der Waals surface area (Å²) in [6.45, 7) is 9.35. The molecular weight excluding hydrogens is 531 g/mol. The van der Waals surface area contributed by atoms with Gasteiger partial charge in [-0.25, -0.2) is 9.59 Å². The lowest BCUT2D eigenvalue weighted by atomic mass is 10.1. The Labute approximate surface area is 226 Å². The molecule has 0 amide bonds. The fraction of sp³-hybridized carbons (Fsp3) is 0.500. The number of carbonyl (C=O) groups excluding carboxylic acids is 1. The second kappa shape index (κ2) is 14.0. The van der Waals surface area contributed by atoms with Crippen LogP contribution in [0.25, 0.3) is 0 Å². The molecule has 0 radical (unpaired) electrons. The number of rotatable bonds is 14. The molecule has 13 heteroatoms. The van der Waals surface area contributed by atoms with Crippen molar-refractivity contribution in [2.75, 3.05) is 33.5 Å². The molecule has 0 unspecified atom stereocenters. The highest BCUT2D eigenvalue weighted by molar-refractivity contribution is 7.58. The number of esters is 1. The normalized spacial score (nSPS) is 21.1. The third kappa shape index (κ3) is 7.42. The number of carbonyl (C=O) groups is 1. The number of aryl methyl sites for hydroxylation is 1. The van der Waals surface area contributed by atoms with Gasteiger partial charge in [0.25, 0.3) is 5.56 Å². The van der Waals surface area contributed by atoms with E-state index < -0.39 is 49.4 Å². The van der Waals surface area contributed by atoms with Crippen LogP contribution in [0.15, 0.2) is 58.0 Å². The summed E-state index contributed by atoms with van der Waals surface area (Å²) in [6, 6.07) is 8.34. The van der Waals surface area contributed by atoms with E-state index >= 15 is 0 Å². The molecule has 0 spiro atoms. The van der Waals surface area contributed by atoms with Gasteiger partial charge in [-0.3, -0.25) is 18.9 Å². The highest BCUT2D eigenvalue weighted by atomic mass is 31.2. The first-order valence-electron chi connectivity index (χ1n) is 12.6. The zero-order valence-corrected chi connectivity index (χ0v) is 23.4. The lowest BCUT2D eigenvalue weighted by molar-refractivity contribution is -0.0819. The van der Waals surface area contributed by atoms with E-state index in [1.807, 2.05) is 0 Å². The molecule has 12 nitrogen and oxygen atoms in total. The average molecular weight is 567 g/mol. The smallest absolute Gasteiger partial charge is 0.356 e. The first-order valence-corrected chi connectivity index (χ1v) is 14.1. The number of aromatic nitrogens is 2. The van der Waals surface area contributed by atoms with Crippen molar-refractivity contribution in [3.8, 4) is 0 Å². The minimum absolute atomic E-state index is 0.0849. The van der Waals surface area contributed by atoms with Crippen molar-refractivity contribution in [3.05, 3.63) is 80.4 Å². The van der Waals surface area contributed by atoms with E-state index in [-0.39, 0.29) is 43.7 Å². The van der Waals surface area contributed by atoms with E-state index in [1.54, 1.807) is 44.2 Å². The Balaban J connectivity index is 2.04. The molecular formula is C26H35N2O10P. The molecule has 0 saturated carbocycles. The number of methoxy groups -OCH3 is 1. The third-order valence-corrected chi connectivity index (χ3v) is 8.13. The van der Waals surface area contributed by atoms with Crippen LogP contribution in [-0.2, 0) is 32.6 Å². The zero-order valence-electron chi connectivity index (χ0n) is 22.5. The van der Waals surface area contributed by atoms with Gasteiger partial charge in [-0.2, -0.15) is 0 Å². The molecule has 39 heavy (non-hydrogen) atoms. The Morgan fingerprint density at radius 3 is 2.38 bits per heavy atom. The summed E-state index contributed by atoms with van der Waals surface area (Å²) in [5.74, 6) is -0.649. The van der Waals surface area contributed by atoms with Gasteiger partial charge in [0.05, 0.1) is 32.0 Å². The van der Waals surface area contributed by atoms with Gasteiger partial charge in [0.15, 0.2) is 12.3 Å². The first kappa shape index (κ1) is 30.7. The molecule has 1 aromatic carbocycles. The summed E-state index contributed by atoms with van der Waals surface area (Å²) in [5.41, 5.74) is -0.729. The highest BCUT2D eigenvalue weighted by Crippen LogP contribution is 2.57. The minimum atomic E-state index is -3.73. The van der Waals surface area contributed by atoms with Gasteiger partial charge in [-0.1, -0.05) is 24.8 Å². The lowest BCUT2D eigenvalue weighted by Crippen LogP contribution is -2.42. The monoisotopic (exact) mass is 566 g/mol.